The Kier molecular flexibility index (Phi) is 8.54. The Bertz CT molecular complexity index is 162. The molecule has 0 aromatic rings. The van der Waals surface area contributed by atoms with Gasteiger partial charge in [-0.2, -0.15) is 0 Å². The minimum absolute atomic E-state index is 0.354. The molecule has 0 fully saturated rings. The van der Waals surface area contributed by atoms with Crippen LogP contribution in [-0.2, 0) is 13.3 Å². The molecule has 15 heavy (non-hydrogen) atoms. The molecule has 0 heterocycles. The van der Waals surface area contributed by atoms with Crippen molar-refractivity contribution >= 4 is 49.3 Å². The van der Waals surface area contributed by atoms with E-state index < -0.39 is 19.3 Å². The van der Waals surface area contributed by atoms with Crippen LogP contribution in [0.4, 0.5) is 0 Å². The van der Waals surface area contributed by atoms with Gasteiger partial charge in [0.15, 0.2) is 0 Å². The van der Waals surface area contributed by atoms with E-state index in [4.69, 9.17) is 43.3 Å². The maximum atomic E-state index is 5.94. The summed E-state index contributed by atoms with van der Waals surface area (Å²) in [6.45, 7) is 7.17. The van der Waals surface area contributed by atoms with Gasteiger partial charge in [-0.05, 0) is 0 Å². The van der Waals surface area contributed by atoms with Gasteiger partial charge in [-0.15, -0.1) is 0 Å². The number of rotatable bonds is 8. The fourth-order valence-electron chi connectivity index (χ4n) is 1.18. The van der Waals surface area contributed by atoms with E-state index in [-0.39, 0.29) is 0 Å². The SMILES string of the molecule is CCO[Si]([CH2][Ge]([Cl])([Cl])[Cl])(OCC)OCC. The first-order valence-corrected chi connectivity index (χ1v) is 16.6. The first-order chi connectivity index (χ1) is 6.89. The first kappa shape index (κ1) is 16.5. The topological polar surface area (TPSA) is 27.7 Å². The summed E-state index contributed by atoms with van der Waals surface area (Å²) in [6.07, 6.45) is 0. The summed E-state index contributed by atoms with van der Waals surface area (Å²) in [4.78, 5) is 0.354. The molecular formula is C7H17Cl3GeO3Si. The van der Waals surface area contributed by atoms with Crippen molar-refractivity contribution in [1.29, 1.82) is 0 Å². The van der Waals surface area contributed by atoms with E-state index in [2.05, 4.69) is 0 Å². The molecule has 0 spiro atoms. The molecule has 0 radical (unpaired) electrons. The summed E-state index contributed by atoms with van der Waals surface area (Å²) in [5.41, 5.74) is 0. The first-order valence-electron chi connectivity index (χ1n) is 4.87. The van der Waals surface area contributed by atoms with Gasteiger partial charge < -0.3 is 0 Å². The monoisotopic (exact) mass is 356 g/mol. The van der Waals surface area contributed by atoms with E-state index in [1.165, 1.54) is 0 Å². The van der Waals surface area contributed by atoms with Crippen LogP contribution in [0, 0.1) is 0 Å². The van der Waals surface area contributed by atoms with Gasteiger partial charge in [0.2, 0.25) is 0 Å². The predicted octanol–water partition coefficient (Wildman–Crippen LogP) is 3.23. The molecule has 0 aromatic heterocycles. The van der Waals surface area contributed by atoms with Gasteiger partial charge in [-0.25, -0.2) is 0 Å². The fraction of sp³-hybridized carbons (Fsp3) is 1.00. The van der Waals surface area contributed by atoms with Crippen molar-refractivity contribution in [2.24, 2.45) is 0 Å². The number of hydrogen-bond acceptors (Lipinski definition) is 3. The molecule has 0 saturated carbocycles. The Morgan fingerprint density at radius 1 is 0.867 bits per heavy atom. The molecule has 0 aromatic carbocycles. The number of hydrogen-bond donors (Lipinski definition) is 0. The third-order valence-corrected chi connectivity index (χ3v) is 16.0. The molecule has 0 saturated heterocycles. The average molecular weight is 356 g/mol. The van der Waals surface area contributed by atoms with E-state index in [1.54, 1.807) is 0 Å². The average Bonchev–Trinajstić information content (AvgIpc) is 2.01. The molecule has 0 atom stereocenters. The Labute approximate surface area is 108 Å². The minimum atomic E-state index is -3.29. The molecule has 0 rings (SSSR count). The molecule has 0 aliphatic heterocycles. The van der Waals surface area contributed by atoms with Crippen molar-refractivity contribution in [3.63, 3.8) is 0 Å². The summed E-state index contributed by atoms with van der Waals surface area (Å²) in [6, 6.07) is 0. The van der Waals surface area contributed by atoms with Gasteiger partial charge in [-0.1, -0.05) is 0 Å². The van der Waals surface area contributed by atoms with Crippen molar-refractivity contribution in [1.82, 2.24) is 0 Å². The molecule has 0 unspecified atom stereocenters. The van der Waals surface area contributed by atoms with Crippen LogP contribution in [0.1, 0.15) is 20.8 Å². The number of halogens is 3. The summed E-state index contributed by atoms with van der Waals surface area (Å²) < 4.78 is 16.7. The van der Waals surface area contributed by atoms with Gasteiger partial charge in [0, 0.05) is 0 Å². The van der Waals surface area contributed by atoms with E-state index in [9.17, 15) is 0 Å². The van der Waals surface area contributed by atoms with Gasteiger partial charge in [0.25, 0.3) is 0 Å². The molecular weight excluding hydrogens is 339 g/mol. The van der Waals surface area contributed by atoms with Gasteiger partial charge in [-0.3, -0.25) is 0 Å². The quantitative estimate of drug-likeness (QED) is 0.625. The van der Waals surface area contributed by atoms with Crippen molar-refractivity contribution < 1.29 is 13.3 Å². The maximum absolute atomic E-state index is 5.94. The van der Waals surface area contributed by atoms with E-state index in [0.29, 0.717) is 24.7 Å². The Hall–Kier alpha value is 1.51. The summed E-state index contributed by atoms with van der Waals surface area (Å²) >= 11 is 0. The van der Waals surface area contributed by atoms with E-state index in [0.717, 1.165) is 0 Å². The molecule has 0 aliphatic rings. The Morgan fingerprint density at radius 3 is 1.40 bits per heavy atom. The van der Waals surface area contributed by atoms with Crippen molar-refractivity contribution in [2.75, 3.05) is 19.8 Å². The van der Waals surface area contributed by atoms with Crippen LogP contribution in [0.5, 0.6) is 0 Å². The fourth-order valence-corrected chi connectivity index (χ4v) is 16.2. The van der Waals surface area contributed by atoms with E-state index in [1.807, 2.05) is 20.8 Å². The summed E-state index contributed by atoms with van der Waals surface area (Å²) in [7, 11) is 11.8. The van der Waals surface area contributed by atoms with Crippen LogP contribution >= 0.6 is 30.0 Å². The van der Waals surface area contributed by atoms with Gasteiger partial charge in [0.05, 0.1) is 0 Å². The van der Waals surface area contributed by atoms with Crippen molar-refractivity contribution in [3.8, 4) is 0 Å². The zero-order valence-electron chi connectivity index (χ0n) is 9.19. The summed E-state index contributed by atoms with van der Waals surface area (Å²) in [5, 5.41) is 0. The van der Waals surface area contributed by atoms with Crippen LogP contribution in [0.15, 0.2) is 0 Å². The van der Waals surface area contributed by atoms with Crippen LogP contribution < -0.4 is 0 Å². The molecule has 3 nitrogen and oxygen atoms in total. The Balaban J connectivity index is 4.60. The second-order valence-corrected chi connectivity index (χ2v) is 23.2. The summed E-state index contributed by atoms with van der Waals surface area (Å²) in [5.74, 6) is 0. The Morgan fingerprint density at radius 2 is 1.20 bits per heavy atom. The predicted molar refractivity (Wildman–Crippen MR) is 68.8 cm³/mol. The van der Waals surface area contributed by atoms with Gasteiger partial charge in [0.1, 0.15) is 0 Å². The zero-order valence-corrected chi connectivity index (χ0v) is 14.6. The van der Waals surface area contributed by atoms with Crippen molar-refractivity contribution in [3.05, 3.63) is 0 Å². The molecule has 0 N–H and O–H groups in total. The molecule has 8 heteroatoms. The molecule has 0 bridgehead atoms. The molecule has 92 valence electrons. The van der Waals surface area contributed by atoms with Crippen LogP contribution in [0.3, 0.4) is 0 Å². The van der Waals surface area contributed by atoms with Crippen LogP contribution in [0.25, 0.3) is 0 Å². The van der Waals surface area contributed by atoms with Gasteiger partial charge >= 0.3 is 108 Å². The third-order valence-electron chi connectivity index (χ3n) is 1.51. The second kappa shape index (κ2) is 7.76. The second-order valence-electron chi connectivity index (χ2n) is 2.77. The molecule has 0 amide bonds. The van der Waals surface area contributed by atoms with Crippen LogP contribution in [-0.4, -0.2) is 39.1 Å². The third kappa shape index (κ3) is 7.44. The van der Waals surface area contributed by atoms with E-state index >= 15 is 0 Å². The van der Waals surface area contributed by atoms with Crippen molar-refractivity contribution in [2.45, 2.75) is 25.6 Å². The van der Waals surface area contributed by atoms with Crippen LogP contribution in [0.2, 0.25) is 4.88 Å². The normalized spacial score (nSPS) is 13.2. The zero-order chi connectivity index (χ0) is 11.9. The molecule has 0 aliphatic carbocycles. The standard InChI is InChI=1S/C7H17Cl3GeO3Si/c1-4-12-15(13-5-2,14-6-3)7-11(8,9)10/h4-7H2,1-3H3.